The fourth-order valence-corrected chi connectivity index (χ4v) is 3.35. The predicted molar refractivity (Wildman–Crippen MR) is 105 cm³/mol. The molecule has 2 aromatic carbocycles. The summed E-state index contributed by atoms with van der Waals surface area (Å²) in [6, 6.07) is 8.68. The lowest BCUT2D eigenvalue weighted by Gasteiger charge is -2.21. The molecule has 0 unspecified atom stereocenters. The van der Waals surface area contributed by atoms with E-state index in [9.17, 15) is 14.7 Å². The smallest absolute Gasteiger partial charge is 0.323 e. The first-order valence-corrected chi connectivity index (χ1v) is 8.50. The lowest BCUT2D eigenvalue weighted by atomic mass is 9.86. The van der Waals surface area contributed by atoms with E-state index in [-0.39, 0.29) is 17.4 Å². The van der Waals surface area contributed by atoms with E-state index in [1.165, 1.54) is 0 Å². The molecule has 1 aromatic heterocycles. The molecule has 1 N–H and O–H groups in total. The predicted octanol–water partition coefficient (Wildman–Crippen LogP) is 4.17. The van der Waals surface area contributed by atoms with E-state index >= 15 is 0 Å². The molecule has 4 nitrogen and oxygen atoms in total. The van der Waals surface area contributed by atoms with Gasteiger partial charge in [-0.2, -0.15) is 0 Å². The summed E-state index contributed by atoms with van der Waals surface area (Å²) in [5.41, 5.74) is 1.89. The van der Waals surface area contributed by atoms with Crippen LogP contribution in [0.5, 0.6) is 0 Å². The first-order chi connectivity index (χ1) is 12.1. The fourth-order valence-electron chi connectivity index (χ4n) is 3.15. The number of terminal acetylenes is 1. The van der Waals surface area contributed by atoms with E-state index < -0.39 is 5.97 Å². The van der Waals surface area contributed by atoms with Crippen molar-refractivity contribution in [2.24, 2.45) is 0 Å². The third-order valence-electron chi connectivity index (χ3n) is 4.48. The molecular weight excluding hydrogens is 350 g/mol. The number of halogens is 1. The SMILES string of the molecule is C#Cc1c(Cl)ccc2c(=O)c3ccc(C(C)(C)C)cc3n(CC(=O)O)c12. The molecule has 0 amide bonds. The molecule has 0 aliphatic rings. The lowest BCUT2D eigenvalue weighted by Crippen LogP contribution is -2.18. The van der Waals surface area contributed by atoms with Gasteiger partial charge in [-0.3, -0.25) is 9.59 Å². The van der Waals surface area contributed by atoms with Crippen LogP contribution in [-0.4, -0.2) is 15.6 Å². The minimum atomic E-state index is -1.03. The van der Waals surface area contributed by atoms with Gasteiger partial charge in [-0.25, -0.2) is 0 Å². The Balaban J connectivity index is 2.62. The second kappa shape index (κ2) is 6.19. The average Bonchev–Trinajstić information content (AvgIpc) is 2.56. The van der Waals surface area contributed by atoms with E-state index in [0.29, 0.717) is 32.4 Å². The molecule has 26 heavy (non-hydrogen) atoms. The number of hydrogen-bond acceptors (Lipinski definition) is 2. The number of fused-ring (bicyclic) bond motifs is 2. The van der Waals surface area contributed by atoms with Crippen LogP contribution in [-0.2, 0) is 16.8 Å². The maximum Gasteiger partial charge on any atom is 0.323 e. The van der Waals surface area contributed by atoms with Gasteiger partial charge in [-0.1, -0.05) is 44.4 Å². The van der Waals surface area contributed by atoms with Gasteiger partial charge in [-0.15, -0.1) is 6.42 Å². The van der Waals surface area contributed by atoms with E-state index in [1.807, 2.05) is 12.1 Å². The van der Waals surface area contributed by atoms with Gasteiger partial charge in [-0.05, 0) is 35.2 Å². The molecule has 3 rings (SSSR count). The van der Waals surface area contributed by atoms with Crippen molar-refractivity contribution in [3.8, 4) is 12.3 Å². The zero-order valence-corrected chi connectivity index (χ0v) is 15.5. The monoisotopic (exact) mass is 367 g/mol. The van der Waals surface area contributed by atoms with Gasteiger partial charge < -0.3 is 9.67 Å². The molecule has 0 saturated heterocycles. The maximum atomic E-state index is 13.0. The van der Waals surface area contributed by atoms with Crippen LogP contribution >= 0.6 is 11.6 Å². The number of pyridine rings is 1. The summed E-state index contributed by atoms with van der Waals surface area (Å²) in [4.78, 5) is 24.5. The molecule has 5 heteroatoms. The van der Waals surface area contributed by atoms with E-state index in [4.69, 9.17) is 18.0 Å². The number of nitrogens with zero attached hydrogens (tertiary/aromatic N) is 1. The van der Waals surface area contributed by atoms with Crippen molar-refractivity contribution in [2.75, 3.05) is 0 Å². The topological polar surface area (TPSA) is 59.3 Å². The molecule has 0 spiro atoms. The highest BCUT2D eigenvalue weighted by Gasteiger charge is 2.20. The summed E-state index contributed by atoms with van der Waals surface area (Å²) in [5, 5.41) is 10.6. The van der Waals surface area contributed by atoms with Crippen LogP contribution in [0.3, 0.4) is 0 Å². The molecule has 0 aliphatic heterocycles. The van der Waals surface area contributed by atoms with Gasteiger partial charge in [0.1, 0.15) is 6.54 Å². The highest BCUT2D eigenvalue weighted by molar-refractivity contribution is 6.32. The van der Waals surface area contributed by atoms with Gasteiger partial charge in [0.05, 0.1) is 21.6 Å². The van der Waals surface area contributed by atoms with Crippen LogP contribution in [0, 0.1) is 12.3 Å². The minimum absolute atomic E-state index is 0.156. The van der Waals surface area contributed by atoms with Gasteiger partial charge in [0.25, 0.3) is 0 Å². The quantitative estimate of drug-likeness (QED) is 0.546. The summed E-state index contributed by atoms with van der Waals surface area (Å²) < 4.78 is 1.57. The van der Waals surface area contributed by atoms with E-state index in [1.54, 1.807) is 22.8 Å². The Kier molecular flexibility index (Phi) is 4.29. The number of carbonyl (C=O) groups is 1. The highest BCUT2D eigenvalue weighted by Crippen LogP contribution is 2.30. The van der Waals surface area contributed by atoms with Crippen LogP contribution in [0.4, 0.5) is 0 Å². The van der Waals surface area contributed by atoms with Crippen LogP contribution in [0.1, 0.15) is 31.9 Å². The number of carboxylic acid groups (broad SMARTS) is 1. The molecule has 3 aromatic rings. The second-order valence-corrected chi connectivity index (χ2v) is 7.66. The van der Waals surface area contributed by atoms with Gasteiger partial charge >= 0.3 is 5.97 Å². The Morgan fingerprint density at radius 2 is 1.88 bits per heavy atom. The van der Waals surface area contributed by atoms with Crippen LogP contribution in [0.15, 0.2) is 35.1 Å². The third-order valence-corrected chi connectivity index (χ3v) is 4.79. The molecule has 0 atom stereocenters. The Hall–Kier alpha value is -2.77. The van der Waals surface area contributed by atoms with Crippen molar-refractivity contribution >= 4 is 39.4 Å². The summed E-state index contributed by atoms with van der Waals surface area (Å²) in [5.74, 6) is 1.48. The molecular formula is C21H18ClNO3. The Morgan fingerprint density at radius 1 is 1.23 bits per heavy atom. The van der Waals surface area contributed by atoms with Gasteiger partial charge in [0.15, 0.2) is 5.43 Å². The standard InChI is InChI=1S/C21H18ClNO3/c1-5-13-16(22)9-8-15-19(13)23(11-18(24)25)17-10-12(21(2,3)4)6-7-14(17)20(15)26/h1,6-10H,11H2,2-4H3,(H,24,25). The largest absolute Gasteiger partial charge is 0.480 e. The zero-order valence-electron chi connectivity index (χ0n) is 14.8. The Bertz CT molecular complexity index is 1160. The molecule has 0 fully saturated rings. The van der Waals surface area contributed by atoms with Gasteiger partial charge in [0, 0.05) is 10.8 Å². The van der Waals surface area contributed by atoms with Gasteiger partial charge in [0.2, 0.25) is 0 Å². The summed E-state index contributed by atoms with van der Waals surface area (Å²) in [6.07, 6.45) is 5.61. The summed E-state index contributed by atoms with van der Waals surface area (Å²) in [6.45, 7) is 5.84. The van der Waals surface area contributed by atoms with Crippen LogP contribution in [0.25, 0.3) is 21.8 Å². The average molecular weight is 368 g/mol. The summed E-state index contributed by atoms with van der Waals surface area (Å²) >= 11 is 6.21. The van der Waals surface area contributed by atoms with Crippen molar-refractivity contribution in [2.45, 2.75) is 32.7 Å². The number of rotatable bonds is 2. The molecule has 0 bridgehead atoms. The molecule has 0 saturated carbocycles. The third kappa shape index (κ3) is 2.85. The number of aliphatic carboxylic acids is 1. The number of aromatic nitrogens is 1. The Morgan fingerprint density at radius 3 is 2.46 bits per heavy atom. The first-order valence-electron chi connectivity index (χ1n) is 8.13. The fraction of sp³-hybridized carbons (Fsp3) is 0.238. The van der Waals surface area contributed by atoms with Crippen LogP contribution < -0.4 is 5.43 Å². The van der Waals surface area contributed by atoms with Crippen molar-refractivity contribution in [3.05, 3.63) is 56.7 Å². The number of benzene rings is 2. The first kappa shape index (κ1) is 18.0. The number of carboxylic acids is 1. The maximum absolute atomic E-state index is 13.0. The Labute approximate surface area is 156 Å². The lowest BCUT2D eigenvalue weighted by molar-refractivity contribution is -0.137. The molecule has 132 valence electrons. The second-order valence-electron chi connectivity index (χ2n) is 7.25. The number of hydrogen-bond donors (Lipinski definition) is 1. The zero-order chi connectivity index (χ0) is 19.2. The normalized spacial score (nSPS) is 11.7. The van der Waals surface area contributed by atoms with Crippen LogP contribution in [0.2, 0.25) is 5.02 Å². The molecule has 1 heterocycles. The van der Waals surface area contributed by atoms with E-state index in [2.05, 4.69) is 26.7 Å². The highest BCUT2D eigenvalue weighted by atomic mass is 35.5. The molecule has 0 radical (unpaired) electrons. The van der Waals surface area contributed by atoms with Crippen molar-refractivity contribution in [3.63, 3.8) is 0 Å². The minimum Gasteiger partial charge on any atom is -0.480 e. The molecule has 0 aliphatic carbocycles. The van der Waals surface area contributed by atoms with Crippen molar-refractivity contribution in [1.29, 1.82) is 0 Å². The van der Waals surface area contributed by atoms with Crippen molar-refractivity contribution in [1.82, 2.24) is 4.57 Å². The van der Waals surface area contributed by atoms with Crippen molar-refractivity contribution < 1.29 is 9.90 Å². The van der Waals surface area contributed by atoms with E-state index in [0.717, 1.165) is 5.56 Å². The summed E-state index contributed by atoms with van der Waals surface area (Å²) in [7, 11) is 0.